The van der Waals surface area contributed by atoms with Crippen LogP contribution in [0.25, 0.3) is 0 Å². The number of nitrogens with two attached hydrogens (primary N) is 1. The molecular formula is C18H23NO. The minimum atomic E-state index is 0.611. The monoisotopic (exact) mass is 269 g/mol. The van der Waals surface area contributed by atoms with Gasteiger partial charge in [-0.05, 0) is 62.1 Å². The van der Waals surface area contributed by atoms with Gasteiger partial charge >= 0.3 is 0 Å². The number of benzene rings is 2. The molecule has 0 aromatic heterocycles. The van der Waals surface area contributed by atoms with Crippen LogP contribution in [0.3, 0.4) is 0 Å². The molecule has 0 bridgehead atoms. The second-order valence-electron chi connectivity index (χ2n) is 5.31. The molecule has 0 radical (unpaired) electrons. The Kier molecular flexibility index (Phi) is 4.80. The van der Waals surface area contributed by atoms with Crippen molar-refractivity contribution in [3.05, 3.63) is 64.2 Å². The van der Waals surface area contributed by atoms with Crippen LogP contribution in [-0.4, -0.2) is 6.54 Å². The topological polar surface area (TPSA) is 35.2 Å². The lowest BCUT2D eigenvalue weighted by atomic mass is 10.0. The van der Waals surface area contributed by atoms with Crippen molar-refractivity contribution in [2.75, 3.05) is 6.54 Å². The van der Waals surface area contributed by atoms with Crippen LogP contribution >= 0.6 is 0 Å². The first kappa shape index (κ1) is 14.6. The number of hydrogen-bond donors (Lipinski definition) is 1. The molecule has 106 valence electrons. The van der Waals surface area contributed by atoms with E-state index in [9.17, 15) is 0 Å². The Morgan fingerprint density at radius 1 is 1.00 bits per heavy atom. The van der Waals surface area contributed by atoms with Crippen LogP contribution in [0, 0.1) is 20.8 Å². The van der Waals surface area contributed by atoms with Crippen LogP contribution < -0.4 is 10.5 Å². The predicted molar refractivity (Wildman–Crippen MR) is 84.2 cm³/mol. The van der Waals surface area contributed by atoms with E-state index >= 15 is 0 Å². The minimum absolute atomic E-state index is 0.611. The zero-order chi connectivity index (χ0) is 14.5. The summed E-state index contributed by atoms with van der Waals surface area (Å²) < 4.78 is 6.02. The van der Waals surface area contributed by atoms with Crippen molar-refractivity contribution in [1.82, 2.24) is 0 Å². The van der Waals surface area contributed by atoms with Crippen molar-refractivity contribution in [3.63, 3.8) is 0 Å². The Bertz CT molecular complexity index is 567. The molecule has 2 aromatic rings. The first-order chi connectivity index (χ1) is 9.61. The number of aryl methyl sites for hydroxylation is 3. The van der Waals surface area contributed by atoms with Crippen molar-refractivity contribution in [1.29, 1.82) is 0 Å². The summed E-state index contributed by atoms with van der Waals surface area (Å²) in [5.74, 6) is 0.942. The standard InChI is InChI=1S/C18H23NO/c1-13-10-14(2)17(15(3)11-13)12-20-18-7-5-4-6-16(18)8-9-19/h4-7,10-11H,8-9,12,19H2,1-3H3. The van der Waals surface area contributed by atoms with Gasteiger partial charge in [0.25, 0.3) is 0 Å². The SMILES string of the molecule is Cc1cc(C)c(COc2ccccc2CCN)c(C)c1. The molecule has 0 saturated carbocycles. The molecule has 2 aromatic carbocycles. The number of ether oxygens (including phenoxy) is 1. The van der Waals surface area contributed by atoms with Gasteiger partial charge in [-0.1, -0.05) is 35.9 Å². The summed E-state index contributed by atoms with van der Waals surface area (Å²) in [6, 6.07) is 12.5. The van der Waals surface area contributed by atoms with E-state index in [1.807, 2.05) is 18.2 Å². The Hall–Kier alpha value is -1.80. The normalized spacial score (nSPS) is 10.6. The van der Waals surface area contributed by atoms with Gasteiger partial charge in [-0.25, -0.2) is 0 Å². The summed E-state index contributed by atoms with van der Waals surface area (Å²) in [5.41, 5.74) is 12.0. The molecule has 2 rings (SSSR count). The van der Waals surface area contributed by atoms with Crippen molar-refractivity contribution < 1.29 is 4.74 Å². The molecule has 0 heterocycles. The maximum Gasteiger partial charge on any atom is 0.123 e. The molecule has 0 aliphatic carbocycles. The third-order valence-corrected chi connectivity index (χ3v) is 3.60. The summed E-state index contributed by atoms with van der Waals surface area (Å²) in [7, 11) is 0. The Labute approximate surface area is 121 Å². The quantitative estimate of drug-likeness (QED) is 0.898. The Morgan fingerprint density at radius 3 is 2.30 bits per heavy atom. The van der Waals surface area contributed by atoms with E-state index in [4.69, 9.17) is 10.5 Å². The van der Waals surface area contributed by atoms with Gasteiger partial charge in [-0.15, -0.1) is 0 Å². The van der Waals surface area contributed by atoms with Crippen LogP contribution in [-0.2, 0) is 13.0 Å². The molecule has 2 N–H and O–H groups in total. The molecule has 0 fully saturated rings. The van der Waals surface area contributed by atoms with Crippen LogP contribution in [0.1, 0.15) is 27.8 Å². The van der Waals surface area contributed by atoms with E-state index < -0.39 is 0 Å². The fraction of sp³-hybridized carbons (Fsp3) is 0.333. The summed E-state index contributed by atoms with van der Waals surface area (Å²) in [6.45, 7) is 7.67. The van der Waals surface area contributed by atoms with Crippen LogP contribution in [0.2, 0.25) is 0 Å². The van der Waals surface area contributed by atoms with Crippen molar-refractivity contribution in [2.24, 2.45) is 5.73 Å². The summed E-state index contributed by atoms with van der Waals surface area (Å²) in [4.78, 5) is 0. The summed E-state index contributed by atoms with van der Waals surface area (Å²) in [5, 5.41) is 0. The van der Waals surface area contributed by atoms with E-state index in [0.29, 0.717) is 13.2 Å². The molecule has 0 aliphatic rings. The first-order valence-corrected chi connectivity index (χ1v) is 7.09. The van der Waals surface area contributed by atoms with Gasteiger partial charge in [0, 0.05) is 0 Å². The molecule has 2 heteroatoms. The minimum Gasteiger partial charge on any atom is -0.489 e. The van der Waals surface area contributed by atoms with Gasteiger partial charge in [0.05, 0.1) is 0 Å². The van der Waals surface area contributed by atoms with E-state index in [-0.39, 0.29) is 0 Å². The zero-order valence-corrected chi connectivity index (χ0v) is 12.6. The summed E-state index contributed by atoms with van der Waals surface area (Å²) >= 11 is 0. The Morgan fingerprint density at radius 2 is 1.65 bits per heavy atom. The highest BCUT2D eigenvalue weighted by molar-refractivity contribution is 5.38. The maximum atomic E-state index is 6.02. The first-order valence-electron chi connectivity index (χ1n) is 7.09. The maximum absolute atomic E-state index is 6.02. The van der Waals surface area contributed by atoms with Crippen molar-refractivity contribution in [2.45, 2.75) is 33.8 Å². The van der Waals surface area contributed by atoms with E-state index in [0.717, 1.165) is 12.2 Å². The van der Waals surface area contributed by atoms with E-state index in [1.165, 1.54) is 27.8 Å². The second kappa shape index (κ2) is 6.58. The van der Waals surface area contributed by atoms with Gasteiger partial charge in [0.15, 0.2) is 0 Å². The van der Waals surface area contributed by atoms with Crippen molar-refractivity contribution in [3.8, 4) is 5.75 Å². The fourth-order valence-corrected chi connectivity index (χ4v) is 2.59. The highest BCUT2D eigenvalue weighted by Gasteiger charge is 2.07. The average Bonchev–Trinajstić information content (AvgIpc) is 2.39. The third-order valence-electron chi connectivity index (χ3n) is 3.60. The lowest BCUT2D eigenvalue weighted by molar-refractivity contribution is 0.301. The van der Waals surface area contributed by atoms with E-state index in [1.54, 1.807) is 0 Å². The smallest absolute Gasteiger partial charge is 0.123 e. The lowest BCUT2D eigenvalue weighted by Gasteiger charge is -2.15. The van der Waals surface area contributed by atoms with Gasteiger partial charge in [-0.3, -0.25) is 0 Å². The highest BCUT2D eigenvalue weighted by atomic mass is 16.5. The van der Waals surface area contributed by atoms with Gasteiger partial charge in [0.2, 0.25) is 0 Å². The highest BCUT2D eigenvalue weighted by Crippen LogP contribution is 2.22. The van der Waals surface area contributed by atoms with E-state index in [2.05, 4.69) is 39.0 Å². The molecule has 0 atom stereocenters. The lowest BCUT2D eigenvalue weighted by Crippen LogP contribution is -2.06. The molecule has 20 heavy (non-hydrogen) atoms. The average molecular weight is 269 g/mol. The summed E-state index contributed by atoms with van der Waals surface area (Å²) in [6.07, 6.45) is 0.849. The molecule has 0 saturated heterocycles. The third kappa shape index (κ3) is 3.40. The molecule has 0 unspecified atom stereocenters. The fourth-order valence-electron chi connectivity index (χ4n) is 2.59. The van der Waals surface area contributed by atoms with Crippen LogP contribution in [0.4, 0.5) is 0 Å². The molecule has 0 amide bonds. The van der Waals surface area contributed by atoms with Gasteiger partial charge in [0.1, 0.15) is 12.4 Å². The largest absolute Gasteiger partial charge is 0.489 e. The van der Waals surface area contributed by atoms with Crippen molar-refractivity contribution >= 4 is 0 Å². The number of para-hydroxylation sites is 1. The number of rotatable bonds is 5. The van der Waals surface area contributed by atoms with Crippen LogP contribution in [0.15, 0.2) is 36.4 Å². The molecule has 0 spiro atoms. The number of hydrogen-bond acceptors (Lipinski definition) is 2. The zero-order valence-electron chi connectivity index (χ0n) is 12.6. The molecule has 2 nitrogen and oxygen atoms in total. The second-order valence-corrected chi connectivity index (χ2v) is 5.31. The van der Waals surface area contributed by atoms with Gasteiger partial charge < -0.3 is 10.5 Å². The Balaban J connectivity index is 2.17. The predicted octanol–water partition coefficient (Wildman–Crippen LogP) is 3.69. The van der Waals surface area contributed by atoms with Crippen LogP contribution in [0.5, 0.6) is 5.75 Å². The molecule has 0 aliphatic heterocycles. The molecular weight excluding hydrogens is 246 g/mol. The van der Waals surface area contributed by atoms with Gasteiger partial charge in [-0.2, -0.15) is 0 Å².